The molecule has 0 spiro atoms. The van der Waals surface area contributed by atoms with Gasteiger partial charge in [0.05, 0.1) is 0 Å². The Hall–Kier alpha value is -1.73. The van der Waals surface area contributed by atoms with Gasteiger partial charge in [0.25, 0.3) is 0 Å². The van der Waals surface area contributed by atoms with Gasteiger partial charge in [-0.1, -0.05) is 46.2 Å². The molecule has 2 aromatic carbocycles. The summed E-state index contributed by atoms with van der Waals surface area (Å²) in [6, 6.07) is 9.86. The second-order valence-corrected chi connectivity index (χ2v) is 7.57. The van der Waals surface area contributed by atoms with Crippen molar-refractivity contribution < 1.29 is 14.3 Å². The number of aryl methyl sites for hydroxylation is 1. The lowest BCUT2D eigenvalue weighted by atomic mass is 9.95. The van der Waals surface area contributed by atoms with E-state index in [1.54, 1.807) is 12.1 Å². The lowest BCUT2D eigenvalue weighted by Gasteiger charge is -2.30. The molecule has 1 N–H and O–H groups in total. The van der Waals surface area contributed by atoms with Crippen molar-refractivity contribution in [3.8, 4) is 5.75 Å². The highest BCUT2D eigenvalue weighted by Crippen LogP contribution is 2.47. The fourth-order valence-corrected chi connectivity index (χ4v) is 4.03. The summed E-state index contributed by atoms with van der Waals surface area (Å²) in [5.41, 5.74) is 2.33. The van der Waals surface area contributed by atoms with E-state index in [-0.39, 0.29) is 19.5 Å². The maximum atomic E-state index is 13.3. The van der Waals surface area contributed by atoms with E-state index in [0.717, 1.165) is 22.9 Å². The Morgan fingerprint density at radius 3 is 2.64 bits per heavy atom. The van der Waals surface area contributed by atoms with E-state index < -0.39 is 5.82 Å². The summed E-state index contributed by atoms with van der Waals surface area (Å²) in [4.78, 5) is 11.2. The van der Waals surface area contributed by atoms with E-state index in [4.69, 9.17) is 0 Å². The van der Waals surface area contributed by atoms with Gasteiger partial charge >= 0.3 is 0 Å². The number of rotatable bonds is 5. The van der Waals surface area contributed by atoms with Crippen molar-refractivity contribution in [2.45, 2.75) is 32.3 Å². The molecule has 0 amide bonds. The number of aromatic hydroxyl groups is 1. The largest absolute Gasteiger partial charge is 0.508 e. The number of aldehydes is 1. The first-order valence-corrected chi connectivity index (χ1v) is 8.22. The molecular weight excluding hydrogens is 298 g/mol. The summed E-state index contributed by atoms with van der Waals surface area (Å²) in [6.07, 6.45) is 1.50. The topological polar surface area (TPSA) is 37.3 Å². The first kappa shape index (κ1) is 16.6. The third-order valence-corrected chi connectivity index (χ3v) is 5.90. The number of phenolic OH excluding ortho intramolecular Hbond substituents is 1. The summed E-state index contributed by atoms with van der Waals surface area (Å²) in [5, 5.41) is 10.7. The van der Waals surface area contributed by atoms with E-state index in [2.05, 4.69) is 13.8 Å². The number of benzene rings is 2. The lowest BCUT2D eigenvalue weighted by molar-refractivity contribution is 0.112. The van der Waals surface area contributed by atoms with E-state index in [1.807, 2.05) is 19.1 Å². The Labute approximate surface area is 132 Å². The molecule has 0 saturated heterocycles. The van der Waals surface area contributed by atoms with Crippen LogP contribution in [-0.2, 0) is 5.16 Å². The van der Waals surface area contributed by atoms with Crippen molar-refractivity contribution in [1.82, 2.24) is 0 Å². The minimum atomic E-state index is -0.410. The Balaban J connectivity index is 2.47. The minimum Gasteiger partial charge on any atom is -0.508 e. The molecule has 0 bridgehead atoms. The molecule has 2 atom stereocenters. The van der Waals surface area contributed by atoms with E-state index >= 15 is 0 Å². The molecule has 0 fully saturated rings. The molecular formula is C18H20FO2P. The van der Waals surface area contributed by atoms with Crippen molar-refractivity contribution in [2.24, 2.45) is 0 Å². The number of halogens is 1. The Bertz CT molecular complexity index is 699. The van der Waals surface area contributed by atoms with Crippen LogP contribution in [0.15, 0.2) is 36.4 Å². The van der Waals surface area contributed by atoms with Crippen molar-refractivity contribution in [2.75, 3.05) is 0 Å². The van der Waals surface area contributed by atoms with Gasteiger partial charge < -0.3 is 5.11 Å². The zero-order chi connectivity index (χ0) is 16.3. The molecule has 0 aliphatic carbocycles. The van der Waals surface area contributed by atoms with Gasteiger partial charge in [0.15, 0.2) is 6.29 Å². The van der Waals surface area contributed by atoms with E-state index in [9.17, 15) is 14.3 Å². The number of carbonyl (C=O) groups excluding carboxylic acids is 1. The van der Waals surface area contributed by atoms with Crippen LogP contribution in [0.1, 0.15) is 41.8 Å². The maximum Gasteiger partial charge on any atom is 0.150 e. The highest BCUT2D eigenvalue weighted by Gasteiger charge is 2.29. The highest BCUT2D eigenvalue weighted by atomic mass is 31.1. The van der Waals surface area contributed by atoms with Crippen LogP contribution in [0.3, 0.4) is 0 Å². The smallest absolute Gasteiger partial charge is 0.150 e. The van der Waals surface area contributed by atoms with E-state index in [1.165, 1.54) is 12.1 Å². The average Bonchev–Trinajstić information content (AvgIpc) is 2.51. The first-order valence-electron chi connectivity index (χ1n) is 7.22. The van der Waals surface area contributed by atoms with Crippen LogP contribution in [0, 0.1) is 12.7 Å². The standard InChI is InChI=1S/C18H20FO2P/c1-4-18(3,15-9-12(2)5-7-16(15)21)22-17-8-6-14(19)10-13(17)11-20/h5-11,21-22H,4H2,1-3H3. The molecule has 116 valence electrons. The van der Waals surface area contributed by atoms with Crippen LogP contribution in [0.5, 0.6) is 5.75 Å². The van der Waals surface area contributed by atoms with Gasteiger partial charge in [-0.25, -0.2) is 4.39 Å². The molecule has 22 heavy (non-hydrogen) atoms. The number of hydrogen-bond donors (Lipinski definition) is 1. The van der Waals surface area contributed by atoms with Crippen LogP contribution in [0.25, 0.3) is 0 Å². The predicted molar refractivity (Wildman–Crippen MR) is 90.2 cm³/mol. The summed E-state index contributed by atoms with van der Waals surface area (Å²) < 4.78 is 13.3. The monoisotopic (exact) mass is 318 g/mol. The zero-order valence-corrected chi connectivity index (χ0v) is 14.0. The van der Waals surface area contributed by atoms with Gasteiger partial charge in [0.1, 0.15) is 11.6 Å². The highest BCUT2D eigenvalue weighted by molar-refractivity contribution is 7.48. The SMILES string of the molecule is CCC(C)(Pc1ccc(F)cc1C=O)c1cc(C)ccc1O. The zero-order valence-electron chi connectivity index (χ0n) is 13.0. The summed E-state index contributed by atoms with van der Waals surface area (Å²) in [5.74, 6) is -0.149. The quantitative estimate of drug-likeness (QED) is 0.660. The second kappa shape index (κ2) is 6.58. The molecule has 0 aromatic heterocycles. The fourth-order valence-electron chi connectivity index (χ4n) is 2.48. The predicted octanol–water partition coefficient (Wildman–Crippen LogP) is 4.28. The van der Waals surface area contributed by atoms with Crippen molar-refractivity contribution in [3.63, 3.8) is 0 Å². The molecule has 0 heterocycles. The van der Waals surface area contributed by atoms with Crippen LogP contribution in [-0.4, -0.2) is 11.4 Å². The maximum absolute atomic E-state index is 13.3. The Kier molecular flexibility index (Phi) is 4.97. The molecule has 0 aliphatic rings. The number of carbonyl (C=O) groups is 1. The van der Waals surface area contributed by atoms with Crippen LogP contribution >= 0.6 is 8.58 Å². The van der Waals surface area contributed by atoms with Crippen molar-refractivity contribution >= 4 is 20.2 Å². The first-order chi connectivity index (χ1) is 10.4. The molecule has 0 aliphatic heterocycles. The molecule has 0 radical (unpaired) electrons. The summed E-state index contributed by atoms with van der Waals surface area (Å²) in [7, 11) is 0.263. The summed E-state index contributed by atoms with van der Waals surface area (Å²) in [6.45, 7) is 6.10. The average molecular weight is 318 g/mol. The summed E-state index contributed by atoms with van der Waals surface area (Å²) >= 11 is 0. The lowest BCUT2D eigenvalue weighted by Crippen LogP contribution is -2.20. The molecule has 4 heteroatoms. The third-order valence-electron chi connectivity index (χ3n) is 4.00. The number of hydrogen-bond acceptors (Lipinski definition) is 2. The Morgan fingerprint density at radius 1 is 1.27 bits per heavy atom. The molecule has 2 nitrogen and oxygen atoms in total. The van der Waals surface area contributed by atoms with Gasteiger partial charge in [-0.15, -0.1) is 0 Å². The fraction of sp³-hybridized carbons (Fsp3) is 0.278. The third kappa shape index (κ3) is 3.36. The van der Waals surface area contributed by atoms with Gasteiger partial charge in [-0.05, 0) is 36.8 Å². The van der Waals surface area contributed by atoms with Gasteiger partial charge in [-0.2, -0.15) is 0 Å². The molecule has 2 rings (SSSR count). The van der Waals surface area contributed by atoms with Crippen LogP contribution < -0.4 is 5.30 Å². The van der Waals surface area contributed by atoms with Gasteiger partial charge in [-0.3, -0.25) is 4.79 Å². The van der Waals surface area contributed by atoms with Crippen molar-refractivity contribution in [3.05, 3.63) is 58.9 Å². The molecule has 2 unspecified atom stereocenters. The molecule has 0 saturated carbocycles. The van der Waals surface area contributed by atoms with Crippen LogP contribution in [0.4, 0.5) is 4.39 Å². The van der Waals surface area contributed by atoms with Gasteiger partial charge in [0.2, 0.25) is 0 Å². The minimum absolute atomic E-state index is 0.261. The van der Waals surface area contributed by atoms with E-state index in [0.29, 0.717) is 11.8 Å². The normalized spacial score (nSPS) is 14.2. The van der Waals surface area contributed by atoms with Crippen LogP contribution in [0.2, 0.25) is 0 Å². The van der Waals surface area contributed by atoms with Crippen molar-refractivity contribution in [1.29, 1.82) is 0 Å². The number of phenols is 1. The van der Waals surface area contributed by atoms with Gasteiger partial charge in [0, 0.05) is 16.3 Å². The Morgan fingerprint density at radius 2 is 2.00 bits per heavy atom. The second-order valence-electron chi connectivity index (χ2n) is 5.68. The molecule has 2 aromatic rings.